The van der Waals surface area contributed by atoms with E-state index in [4.69, 9.17) is 4.74 Å². The Labute approximate surface area is 126 Å². The van der Waals surface area contributed by atoms with Gasteiger partial charge in [-0.25, -0.2) is 9.59 Å². The predicted molar refractivity (Wildman–Crippen MR) is 79.0 cm³/mol. The van der Waals surface area contributed by atoms with Crippen molar-refractivity contribution < 1.29 is 19.1 Å². The molecule has 122 valence electrons. The van der Waals surface area contributed by atoms with Crippen LogP contribution in [0.2, 0.25) is 0 Å². The van der Waals surface area contributed by atoms with Gasteiger partial charge >= 0.3 is 12.2 Å². The Hall–Kier alpha value is -1.50. The van der Waals surface area contributed by atoms with Crippen LogP contribution in [0.4, 0.5) is 9.59 Å². The molecule has 21 heavy (non-hydrogen) atoms. The van der Waals surface area contributed by atoms with Gasteiger partial charge in [-0.2, -0.15) is 0 Å². The summed E-state index contributed by atoms with van der Waals surface area (Å²) in [5.74, 6) is 0. The summed E-state index contributed by atoms with van der Waals surface area (Å²) in [4.78, 5) is 24.9. The van der Waals surface area contributed by atoms with Gasteiger partial charge in [-0.15, -0.1) is 0 Å². The minimum atomic E-state index is -0.600. The van der Waals surface area contributed by atoms with Gasteiger partial charge in [-0.3, -0.25) is 10.2 Å². The van der Waals surface area contributed by atoms with Gasteiger partial charge in [0.2, 0.25) is 0 Å². The van der Waals surface area contributed by atoms with Gasteiger partial charge in [-0.05, 0) is 34.7 Å². The molecule has 0 saturated carbocycles. The first-order valence-electron chi connectivity index (χ1n) is 7.11. The molecule has 0 aromatic rings. The van der Waals surface area contributed by atoms with E-state index in [1.54, 1.807) is 0 Å². The highest BCUT2D eigenvalue weighted by molar-refractivity contribution is 5.69. The fourth-order valence-corrected chi connectivity index (χ4v) is 2.79. The first kappa shape index (κ1) is 17.6. The number of carbonyl (C=O) groups excluding carboxylic acids is 2. The number of alkyl carbamates (subject to hydrolysis) is 2. The van der Waals surface area contributed by atoms with Crippen molar-refractivity contribution in [3.05, 3.63) is 0 Å². The Bertz CT molecular complexity index is 378. The zero-order valence-electron chi connectivity index (χ0n) is 13.8. The first-order chi connectivity index (χ1) is 9.58. The van der Waals surface area contributed by atoms with Crippen molar-refractivity contribution in [3.8, 4) is 0 Å². The minimum absolute atomic E-state index is 0.0503. The molecule has 1 rings (SSSR count). The molecule has 0 unspecified atom stereocenters. The lowest BCUT2D eigenvalue weighted by Crippen LogP contribution is -2.60. The van der Waals surface area contributed by atoms with Crippen LogP contribution in [0.5, 0.6) is 0 Å². The van der Waals surface area contributed by atoms with Gasteiger partial charge in [0.25, 0.3) is 0 Å². The summed E-state index contributed by atoms with van der Waals surface area (Å²) in [5, 5.41) is 4.69. The number of amides is 2. The number of hydrogen-bond donors (Lipinski definition) is 2. The van der Waals surface area contributed by atoms with E-state index in [1.165, 1.54) is 7.05 Å². The zero-order valence-corrected chi connectivity index (χ0v) is 13.8. The van der Waals surface area contributed by atoms with Gasteiger partial charge in [0.1, 0.15) is 6.10 Å². The van der Waals surface area contributed by atoms with Crippen molar-refractivity contribution in [3.63, 3.8) is 0 Å². The van der Waals surface area contributed by atoms with Crippen LogP contribution < -0.4 is 10.6 Å². The Morgan fingerprint density at radius 3 is 2.14 bits per heavy atom. The SMILES string of the molecule is CNC(=O)OCNC(=O)OC1CC(C)(C)N(C)C(C)(C)C1. The molecule has 1 saturated heterocycles. The second-order valence-corrected chi connectivity index (χ2v) is 6.62. The van der Waals surface area contributed by atoms with E-state index in [0.717, 1.165) is 12.8 Å². The molecular weight excluding hydrogens is 274 g/mol. The molecule has 0 aromatic heterocycles. The number of ether oxygens (including phenoxy) is 2. The molecule has 0 aromatic carbocycles. The number of rotatable bonds is 3. The summed E-state index contributed by atoms with van der Waals surface area (Å²) in [5.41, 5.74) is -0.101. The second kappa shape index (κ2) is 6.51. The van der Waals surface area contributed by atoms with E-state index in [2.05, 4.69) is 55.0 Å². The third kappa shape index (κ3) is 4.77. The van der Waals surface area contributed by atoms with Crippen molar-refractivity contribution >= 4 is 12.2 Å². The maximum atomic E-state index is 11.7. The van der Waals surface area contributed by atoms with Crippen molar-refractivity contribution in [1.82, 2.24) is 15.5 Å². The summed E-state index contributed by atoms with van der Waals surface area (Å²) < 4.78 is 10.1. The lowest BCUT2D eigenvalue weighted by molar-refractivity contribution is -0.0687. The smallest absolute Gasteiger partial charge is 0.410 e. The molecular formula is C14H27N3O4. The molecule has 2 N–H and O–H groups in total. The van der Waals surface area contributed by atoms with Gasteiger partial charge in [0, 0.05) is 31.0 Å². The Balaban J connectivity index is 2.48. The van der Waals surface area contributed by atoms with E-state index in [1.807, 2.05) is 0 Å². The quantitative estimate of drug-likeness (QED) is 0.775. The van der Waals surface area contributed by atoms with E-state index >= 15 is 0 Å². The zero-order chi connectivity index (χ0) is 16.3. The highest BCUT2D eigenvalue weighted by Gasteiger charge is 2.44. The van der Waals surface area contributed by atoms with Gasteiger partial charge in [0.05, 0.1) is 0 Å². The summed E-state index contributed by atoms with van der Waals surface area (Å²) >= 11 is 0. The van der Waals surface area contributed by atoms with Gasteiger partial charge < -0.3 is 14.8 Å². The molecule has 1 aliphatic rings. The van der Waals surface area contributed by atoms with Crippen LogP contribution in [0.1, 0.15) is 40.5 Å². The largest absolute Gasteiger partial charge is 0.446 e. The highest BCUT2D eigenvalue weighted by Crippen LogP contribution is 2.37. The van der Waals surface area contributed by atoms with E-state index in [9.17, 15) is 9.59 Å². The molecule has 1 heterocycles. The third-order valence-corrected chi connectivity index (χ3v) is 4.17. The minimum Gasteiger partial charge on any atom is -0.446 e. The van der Waals surface area contributed by atoms with E-state index < -0.39 is 12.2 Å². The fourth-order valence-electron chi connectivity index (χ4n) is 2.79. The molecule has 1 aliphatic heterocycles. The molecule has 7 heteroatoms. The van der Waals surface area contributed by atoms with Crippen molar-refractivity contribution in [2.24, 2.45) is 0 Å². The first-order valence-corrected chi connectivity index (χ1v) is 7.11. The molecule has 0 atom stereocenters. The number of hydrogen-bond acceptors (Lipinski definition) is 5. The maximum absolute atomic E-state index is 11.7. The number of piperidine rings is 1. The van der Waals surface area contributed by atoms with Crippen LogP contribution in [0.3, 0.4) is 0 Å². The second-order valence-electron chi connectivity index (χ2n) is 6.62. The lowest BCUT2D eigenvalue weighted by Gasteiger charge is -2.53. The van der Waals surface area contributed by atoms with Gasteiger partial charge in [0.15, 0.2) is 6.73 Å². The van der Waals surface area contributed by atoms with Crippen LogP contribution in [0.15, 0.2) is 0 Å². The number of nitrogens with one attached hydrogen (secondary N) is 2. The maximum Gasteiger partial charge on any atom is 0.410 e. The van der Waals surface area contributed by atoms with Gasteiger partial charge in [-0.1, -0.05) is 0 Å². The Morgan fingerprint density at radius 1 is 1.14 bits per heavy atom. The fraction of sp³-hybridized carbons (Fsp3) is 0.857. The van der Waals surface area contributed by atoms with Crippen LogP contribution in [0, 0.1) is 0 Å². The molecule has 0 spiro atoms. The Kier molecular flexibility index (Phi) is 5.44. The standard InChI is InChI=1S/C14H27N3O4/c1-13(2)7-10(8-14(3,4)17(13)6)21-12(19)16-9-20-11(18)15-5/h10H,7-9H2,1-6H3,(H,15,18)(H,16,19). The predicted octanol–water partition coefficient (Wildman–Crippen LogP) is 1.68. The van der Waals surface area contributed by atoms with Crippen LogP contribution in [0.25, 0.3) is 0 Å². The average molecular weight is 301 g/mol. The number of nitrogens with zero attached hydrogens (tertiary/aromatic N) is 1. The molecule has 7 nitrogen and oxygen atoms in total. The molecule has 0 aliphatic carbocycles. The van der Waals surface area contributed by atoms with Crippen LogP contribution >= 0.6 is 0 Å². The molecule has 0 bridgehead atoms. The Morgan fingerprint density at radius 2 is 1.67 bits per heavy atom. The number of likely N-dealkylation sites (tertiary alicyclic amines) is 1. The summed E-state index contributed by atoms with van der Waals surface area (Å²) in [6, 6.07) is 0. The van der Waals surface area contributed by atoms with Crippen molar-refractivity contribution in [1.29, 1.82) is 0 Å². The summed E-state index contributed by atoms with van der Waals surface area (Å²) in [6.45, 7) is 8.33. The van der Waals surface area contributed by atoms with E-state index in [-0.39, 0.29) is 23.9 Å². The van der Waals surface area contributed by atoms with Crippen molar-refractivity contribution in [2.75, 3.05) is 20.8 Å². The van der Waals surface area contributed by atoms with Crippen LogP contribution in [-0.4, -0.2) is 55.1 Å². The highest BCUT2D eigenvalue weighted by atomic mass is 16.6. The molecule has 2 amide bonds. The third-order valence-electron chi connectivity index (χ3n) is 4.17. The molecule has 1 fully saturated rings. The van der Waals surface area contributed by atoms with E-state index in [0.29, 0.717) is 0 Å². The lowest BCUT2D eigenvalue weighted by atomic mass is 9.79. The summed E-state index contributed by atoms with van der Waals surface area (Å²) in [6.07, 6.45) is 0.191. The summed E-state index contributed by atoms with van der Waals surface area (Å²) in [7, 11) is 3.54. The molecule has 0 radical (unpaired) electrons. The topological polar surface area (TPSA) is 79.9 Å². The van der Waals surface area contributed by atoms with Crippen molar-refractivity contribution in [2.45, 2.75) is 57.7 Å². The average Bonchev–Trinajstić information content (AvgIpc) is 2.34. The van der Waals surface area contributed by atoms with Crippen LogP contribution in [-0.2, 0) is 9.47 Å². The normalized spacial score (nSPS) is 21.4. The monoisotopic (exact) mass is 301 g/mol. The number of carbonyl (C=O) groups is 2.